The maximum atomic E-state index is 12.2. The van der Waals surface area contributed by atoms with Crippen LogP contribution < -0.4 is 16.0 Å². The van der Waals surface area contributed by atoms with Gasteiger partial charge in [-0.2, -0.15) is 0 Å². The van der Waals surface area contributed by atoms with Crippen LogP contribution in [0.5, 0.6) is 0 Å². The van der Waals surface area contributed by atoms with Crippen LogP contribution in [0.25, 0.3) is 0 Å². The molecule has 0 aliphatic carbocycles. The highest BCUT2D eigenvalue weighted by Gasteiger charge is 2.13. The molecule has 0 saturated carbocycles. The Morgan fingerprint density at radius 1 is 0.958 bits per heavy atom. The van der Waals surface area contributed by atoms with Gasteiger partial charge < -0.3 is 16.0 Å². The third kappa shape index (κ3) is 5.11. The van der Waals surface area contributed by atoms with Crippen molar-refractivity contribution in [1.82, 2.24) is 10.3 Å². The first kappa shape index (κ1) is 18.0. The van der Waals surface area contributed by atoms with Crippen molar-refractivity contribution < 1.29 is 9.59 Å². The van der Waals surface area contributed by atoms with Gasteiger partial charge in [-0.3, -0.25) is 4.79 Å². The molecule has 0 aliphatic rings. The normalized spacial score (nSPS) is 10.4. The summed E-state index contributed by atoms with van der Waals surface area (Å²) in [5, 5.41) is 8.46. The molecule has 0 saturated heterocycles. The standard InChI is InChI=1S/C16H16Cl2N4O2/c1-9(2)19-16(24)21-11-5-3-10(4-6-11)20-15(23)14-12(17)7-8-13(18)22-14/h3-9H,1-2H3,(H,20,23)(H2,19,21,24). The van der Waals surface area contributed by atoms with Crippen molar-refractivity contribution in [3.8, 4) is 0 Å². The van der Waals surface area contributed by atoms with E-state index in [1.165, 1.54) is 12.1 Å². The lowest BCUT2D eigenvalue weighted by Crippen LogP contribution is -2.34. The summed E-state index contributed by atoms with van der Waals surface area (Å²) in [5.74, 6) is -0.472. The van der Waals surface area contributed by atoms with Crippen LogP contribution in [0, 0.1) is 0 Å². The van der Waals surface area contributed by atoms with Crippen LogP contribution in [-0.4, -0.2) is 23.0 Å². The van der Waals surface area contributed by atoms with Gasteiger partial charge in [-0.1, -0.05) is 23.2 Å². The third-order valence-corrected chi connectivity index (χ3v) is 3.36. The fourth-order valence-electron chi connectivity index (χ4n) is 1.83. The van der Waals surface area contributed by atoms with Crippen LogP contribution in [0.4, 0.5) is 16.2 Å². The van der Waals surface area contributed by atoms with Gasteiger partial charge in [-0.05, 0) is 50.2 Å². The van der Waals surface area contributed by atoms with Gasteiger partial charge in [-0.25, -0.2) is 9.78 Å². The SMILES string of the molecule is CC(C)NC(=O)Nc1ccc(NC(=O)c2nc(Cl)ccc2Cl)cc1. The molecular weight excluding hydrogens is 351 g/mol. The highest BCUT2D eigenvalue weighted by molar-refractivity contribution is 6.35. The number of hydrogen-bond donors (Lipinski definition) is 3. The summed E-state index contributed by atoms with van der Waals surface area (Å²) < 4.78 is 0. The van der Waals surface area contributed by atoms with E-state index < -0.39 is 5.91 Å². The summed E-state index contributed by atoms with van der Waals surface area (Å²) in [7, 11) is 0. The fraction of sp³-hybridized carbons (Fsp3) is 0.188. The average molecular weight is 367 g/mol. The summed E-state index contributed by atoms with van der Waals surface area (Å²) in [6.07, 6.45) is 0. The molecule has 1 aromatic heterocycles. The third-order valence-electron chi connectivity index (χ3n) is 2.85. The number of hydrogen-bond acceptors (Lipinski definition) is 3. The Labute approximate surface area is 149 Å². The van der Waals surface area contributed by atoms with Gasteiger partial charge in [-0.15, -0.1) is 0 Å². The van der Waals surface area contributed by atoms with Gasteiger partial charge >= 0.3 is 6.03 Å². The first-order valence-corrected chi connectivity index (χ1v) is 7.91. The molecule has 3 N–H and O–H groups in total. The molecular formula is C16H16Cl2N4O2. The molecule has 2 rings (SSSR count). The van der Waals surface area contributed by atoms with E-state index in [0.717, 1.165) is 0 Å². The van der Waals surface area contributed by atoms with Crippen LogP contribution in [-0.2, 0) is 0 Å². The van der Waals surface area contributed by atoms with Crippen molar-refractivity contribution in [2.75, 3.05) is 10.6 Å². The molecule has 0 aliphatic heterocycles. The van der Waals surface area contributed by atoms with E-state index >= 15 is 0 Å². The predicted molar refractivity (Wildman–Crippen MR) is 95.9 cm³/mol. The van der Waals surface area contributed by atoms with Gasteiger partial charge in [0.05, 0.1) is 5.02 Å². The number of amides is 3. The molecule has 0 spiro atoms. The predicted octanol–water partition coefficient (Wildman–Crippen LogP) is 4.17. The molecule has 0 unspecified atom stereocenters. The molecule has 0 bridgehead atoms. The number of benzene rings is 1. The van der Waals surface area contributed by atoms with E-state index in [1.807, 2.05) is 13.8 Å². The Morgan fingerprint density at radius 2 is 1.54 bits per heavy atom. The largest absolute Gasteiger partial charge is 0.336 e. The molecule has 3 amide bonds. The molecule has 24 heavy (non-hydrogen) atoms. The van der Waals surface area contributed by atoms with Crippen molar-refractivity contribution in [3.05, 3.63) is 52.3 Å². The van der Waals surface area contributed by atoms with Crippen molar-refractivity contribution in [2.24, 2.45) is 0 Å². The second-order valence-corrected chi connectivity index (χ2v) is 6.04. The smallest absolute Gasteiger partial charge is 0.319 e. The number of halogens is 2. The number of aromatic nitrogens is 1. The van der Waals surface area contributed by atoms with E-state index in [2.05, 4.69) is 20.9 Å². The minimum atomic E-state index is -0.472. The lowest BCUT2D eigenvalue weighted by Gasteiger charge is -2.11. The second-order valence-electron chi connectivity index (χ2n) is 5.25. The molecule has 0 atom stereocenters. The number of nitrogens with zero attached hydrogens (tertiary/aromatic N) is 1. The first-order chi connectivity index (χ1) is 11.3. The highest BCUT2D eigenvalue weighted by atomic mass is 35.5. The maximum absolute atomic E-state index is 12.2. The van der Waals surface area contributed by atoms with Gasteiger partial charge in [0.15, 0.2) is 0 Å². The lowest BCUT2D eigenvalue weighted by molar-refractivity contribution is 0.102. The van der Waals surface area contributed by atoms with Crippen molar-refractivity contribution in [2.45, 2.75) is 19.9 Å². The molecule has 6 nitrogen and oxygen atoms in total. The molecule has 126 valence electrons. The second kappa shape index (κ2) is 7.99. The summed E-state index contributed by atoms with van der Waals surface area (Å²) in [5.41, 5.74) is 1.18. The lowest BCUT2D eigenvalue weighted by atomic mass is 10.2. The number of nitrogens with one attached hydrogen (secondary N) is 3. The molecule has 1 heterocycles. The van der Waals surface area contributed by atoms with Crippen LogP contribution in [0.15, 0.2) is 36.4 Å². The first-order valence-electron chi connectivity index (χ1n) is 7.16. The summed E-state index contributed by atoms with van der Waals surface area (Å²) in [6.45, 7) is 3.74. The van der Waals surface area contributed by atoms with E-state index in [-0.39, 0.29) is 27.9 Å². The summed E-state index contributed by atoms with van der Waals surface area (Å²) in [6, 6.07) is 9.40. The van der Waals surface area contributed by atoms with Gasteiger partial charge in [0.25, 0.3) is 5.91 Å². The zero-order valence-corrected chi connectivity index (χ0v) is 14.6. The minimum Gasteiger partial charge on any atom is -0.336 e. The Bertz CT molecular complexity index is 748. The number of carbonyl (C=O) groups is 2. The Balaban J connectivity index is 2.02. The van der Waals surface area contributed by atoms with Crippen LogP contribution >= 0.6 is 23.2 Å². The van der Waals surface area contributed by atoms with Crippen molar-refractivity contribution in [1.29, 1.82) is 0 Å². The summed E-state index contributed by atoms with van der Waals surface area (Å²) >= 11 is 11.7. The topological polar surface area (TPSA) is 83.1 Å². The highest BCUT2D eigenvalue weighted by Crippen LogP contribution is 2.19. The number of anilines is 2. The minimum absolute atomic E-state index is 0.0403. The van der Waals surface area contributed by atoms with Gasteiger partial charge in [0.2, 0.25) is 0 Å². The number of carbonyl (C=O) groups excluding carboxylic acids is 2. The number of rotatable bonds is 4. The molecule has 0 radical (unpaired) electrons. The van der Waals surface area contributed by atoms with E-state index in [4.69, 9.17) is 23.2 Å². The van der Waals surface area contributed by atoms with Gasteiger partial charge in [0, 0.05) is 17.4 Å². The van der Waals surface area contributed by atoms with Crippen molar-refractivity contribution >= 4 is 46.5 Å². The molecule has 1 aromatic carbocycles. The van der Waals surface area contributed by atoms with Crippen LogP contribution in [0.3, 0.4) is 0 Å². The maximum Gasteiger partial charge on any atom is 0.319 e. The molecule has 2 aromatic rings. The monoisotopic (exact) mass is 366 g/mol. The number of pyridine rings is 1. The zero-order valence-electron chi connectivity index (χ0n) is 13.1. The Morgan fingerprint density at radius 3 is 2.12 bits per heavy atom. The fourth-order valence-corrected chi connectivity index (χ4v) is 2.17. The zero-order chi connectivity index (χ0) is 17.7. The quantitative estimate of drug-likeness (QED) is 0.710. The number of urea groups is 1. The van der Waals surface area contributed by atoms with Crippen molar-refractivity contribution in [3.63, 3.8) is 0 Å². The van der Waals surface area contributed by atoms with E-state index in [1.54, 1.807) is 24.3 Å². The van der Waals surface area contributed by atoms with Crippen LogP contribution in [0.1, 0.15) is 24.3 Å². The molecule has 8 heteroatoms. The average Bonchev–Trinajstić information content (AvgIpc) is 2.50. The summed E-state index contributed by atoms with van der Waals surface area (Å²) in [4.78, 5) is 27.7. The molecule has 0 fully saturated rings. The van der Waals surface area contributed by atoms with Gasteiger partial charge in [0.1, 0.15) is 10.8 Å². The van der Waals surface area contributed by atoms with Crippen LogP contribution in [0.2, 0.25) is 10.2 Å². The Hall–Kier alpha value is -2.31. The van der Waals surface area contributed by atoms with E-state index in [0.29, 0.717) is 11.4 Å². The van der Waals surface area contributed by atoms with E-state index in [9.17, 15) is 9.59 Å². The Kier molecular flexibility index (Phi) is 6.00.